The molecule has 0 aliphatic carbocycles. The highest BCUT2D eigenvalue weighted by Crippen LogP contribution is 2.37. The fourth-order valence-corrected chi connectivity index (χ4v) is 5.01. The third-order valence-electron chi connectivity index (χ3n) is 7.24. The SMILES string of the molecule is COc1cncc(-c2ccc(NC(=O)C3(c4ccc(-c5cnc6[nH]ccc6c5)cc4)CCOCC3)nc2)c1. The van der Waals surface area contributed by atoms with E-state index < -0.39 is 5.41 Å². The van der Waals surface area contributed by atoms with Crippen molar-refractivity contribution in [3.05, 3.63) is 91.1 Å². The molecule has 5 aromatic rings. The number of fused-ring (bicyclic) bond motifs is 1. The molecular formula is C30H27N5O3. The van der Waals surface area contributed by atoms with Gasteiger partial charge in [0.15, 0.2) is 0 Å². The molecule has 0 unspecified atom stereocenters. The van der Waals surface area contributed by atoms with E-state index in [1.807, 2.05) is 48.8 Å². The summed E-state index contributed by atoms with van der Waals surface area (Å²) in [5.74, 6) is 1.10. The average molecular weight is 506 g/mol. The van der Waals surface area contributed by atoms with Crippen molar-refractivity contribution in [2.45, 2.75) is 18.3 Å². The fourth-order valence-electron chi connectivity index (χ4n) is 5.01. The summed E-state index contributed by atoms with van der Waals surface area (Å²) in [6.07, 6.45) is 10.1. The number of carbonyl (C=O) groups is 1. The summed E-state index contributed by atoms with van der Waals surface area (Å²) in [4.78, 5) is 30.1. The van der Waals surface area contributed by atoms with Crippen LogP contribution in [0.1, 0.15) is 18.4 Å². The van der Waals surface area contributed by atoms with Crippen molar-refractivity contribution < 1.29 is 14.3 Å². The lowest BCUT2D eigenvalue weighted by Crippen LogP contribution is -2.45. The summed E-state index contributed by atoms with van der Waals surface area (Å²) < 4.78 is 10.9. The number of benzene rings is 1. The highest BCUT2D eigenvalue weighted by molar-refractivity contribution is 5.99. The highest BCUT2D eigenvalue weighted by Gasteiger charge is 2.42. The number of aromatic nitrogens is 4. The molecular weight excluding hydrogens is 478 g/mol. The van der Waals surface area contributed by atoms with Crippen LogP contribution >= 0.6 is 0 Å². The largest absolute Gasteiger partial charge is 0.495 e. The Bertz CT molecular complexity index is 1570. The molecule has 8 nitrogen and oxygen atoms in total. The van der Waals surface area contributed by atoms with Gasteiger partial charge in [-0.2, -0.15) is 0 Å². The number of nitrogens with one attached hydrogen (secondary N) is 2. The lowest BCUT2D eigenvalue weighted by Gasteiger charge is -2.36. The van der Waals surface area contributed by atoms with Gasteiger partial charge in [0, 0.05) is 60.1 Å². The number of amides is 1. The van der Waals surface area contributed by atoms with E-state index in [2.05, 4.69) is 43.5 Å². The first-order valence-electron chi connectivity index (χ1n) is 12.5. The molecule has 1 fully saturated rings. The number of anilines is 1. The number of carbonyl (C=O) groups excluding carboxylic acids is 1. The Labute approximate surface area is 220 Å². The maximum Gasteiger partial charge on any atom is 0.236 e. The van der Waals surface area contributed by atoms with E-state index in [0.29, 0.717) is 37.6 Å². The zero-order valence-corrected chi connectivity index (χ0v) is 21.0. The van der Waals surface area contributed by atoms with Crippen LogP contribution in [0.25, 0.3) is 33.3 Å². The van der Waals surface area contributed by atoms with Gasteiger partial charge < -0.3 is 19.8 Å². The number of aromatic amines is 1. The monoisotopic (exact) mass is 505 g/mol. The van der Waals surface area contributed by atoms with E-state index in [1.165, 1.54) is 0 Å². The summed E-state index contributed by atoms with van der Waals surface area (Å²) in [5.41, 5.74) is 5.00. The number of nitrogens with zero attached hydrogens (tertiary/aromatic N) is 3. The zero-order chi connectivity index (χ0) is 26.0. The van der Waals surface area contributed by atoms with E-state index in [0.717, 1.165) is 38.9 Å². The molecule has 1 aliphatic rings. The molecule has 0 atom stereocenters. The van der Waals surface area contributed by atoms with Gasteiger partial charge >= 0.3 is 0 Å². The Morgan fingerprint density at radius 2 is 1.66 bits per heavy atom. The van der Waals surface area contributed by atoms with Gasteiger partial charge in [0.2, 0.25) is 5.91 Å². The summed E-state index contributed by atoms with van der Waals surface area (Å²) in [7, 11) is 1.61. The third kappa shape index (κ3) is 4.50. The quantitative estimate of drug-likeness (QED) is 0.321. The minimum Gasteiger partial charge on any atom is -0.495 e. The minimum absolute atomic E-state index is 0.0766. The standard InChI is InChI=1S/C30H27N5O3/c1-37-26-15-24(16-31-19-26)22-4-7-27(33-17-22)35-29(36)30(9-12-38-13-10-30)25-5-2-20(3-6-25)23-14-21-8-11-32-28(21)34-18-23/h2-8,11,14-19H,9-10,12-13H2,1H3,(H,32,34)(H,33,35,36). The van der Waals surface area contributed by atoms with Crippen molar-refractivity contribution in [2.75, 3.05) is 25.6 Å². The van der Waals surface area contributed by atoms with E-state index >= 15 is 0 Å². The maximum absolute atomic E-state index is 13.8. The first-order valence-corrected chi connectivity index (χ1v) is 12.5. The Morgan fingerprint density at radius 1 is 0.895 bits per heavy atom. The Balaban J connectivity index is 1.24. The molecule has 190 valence electrons. The smallest absolute Gasteiger partial charge is 0.236 e. The average Bonchev–Trinajstić information content (AvgIpc) is 3.46. The van der Waals surface area contributed by atoms with Crippen molar-refractivity contribution in [2.24, 2.45) is 0 Å². The topological polar surface area (TPSA) is 102 Å². The van der Waals surface area contributed by atoms with E-state index in [-0.39, 0.29) is 5.91 Å². The van der Waals surface area contributed by atoms with Crippen molar-refractivity contribution in [1.82, 2.24) is 19.9 Å². The van der Waals surface area contributed by atoms with Gasteiger partial charge in [0.1, 0.15) is 17.2 Å². The second-order valence-corrected chi connectivity index (χ2v) is 9.41. The van der Waals surface area contributed by atoms with E-state index in [4.69, 9.17) is 9.47 Å². The second kappa shape index (κ2) is 10.1. The van der Waals surface area contributed by atoms with Crippen LogP contribution < -0.4 is 10.1 Å². The first kappa shape index (κ1) is 23.8. The van der Waals surface area contributed by atoms with Gasteiger partial charge in [-0.25, -0.2) is 9.97 Å². The molecule has 38 heavy (non-hydrogen) atoms. The molecule has 5 heterocycles. The normalized spacial score (nSPS) is 14.8. The predicted molar refractivity (Wildman–Crippen MR) is 146 cm³/mol. The number of H-pyrrole nitrogens is 1. The number of hydrogen-bond acceptors (Lipinski definition) is 6. The predicted octanol–water partition coefficient (Wildman–Crippen LogP) is 5.38. The first-order chi connectivity index (χ1) is 18.6. The molecule has 2 N–H and O–H groups in total. The Hall–Kier alpha value is -4.56. The zero-order valence-electron chi connectivity index (χ0n) is 21.0. The summed E-state index contributed by atoms with van der Waals surface area (Å²) in [5, 5.41) is 4.12. The van der Waals surface area contributed by atoms with Gasteiger partial charge in [0.05, 0.1) is 18.7 Å². The number of pyridine rings is 3. The maximum atomic E-state index is 13.8. The molecule has 8 heteroatoms. The molecule has 6 rings (SSSR count). The second-order valence-electron chi connectivity index (χ2n) is 9.41. The highest BCUT2D eigenvalue weighted by atomic mass is 16.5. The van der Waals surface area contributed by atoms with Crippen LogP contribution in [-0.4, -0.2) is 46.2 Å². The third-order valence-corrected chi connectivity index (χ3v) is 7.24. The van der Waals surface area contributed by atoms with Crippen LogP contribution in [0.4, 0.5) is 5.82 Å². The molecule has 4 aromatic heterocycles. The lowest BCUT2D eigenvalue weighted by molar-refractivity contribution is -0.125. The van der Waals surface area contributed by atoms with Crippen molar-refractivity contribution >= 4 is 22.8 Å². The van der Waals surface area contributed by atoms with E-state index in [9.17, 15) is 4.79 Å². The van der Waals surface area contributed by atoms with E-state index in [1.54, 1.807) is 25.7 Å². The lowest BCUT2D eigenvalue weighted by atomic mass is 9.73. The molecule has 0 radical (unpaired) electrons. The molecule has 1 amide bonds. The molecule has 0 saturated carbocycles. The Morgan fingerprint density at radius 3 is 2.42 bits per heavy atom. The van der Waals surface area contributed by atoms with Gasteiger partial charge in [-0.15, -0.1) is 0 Å². The number of hydrogen-bond donors (Lipinski definition) is 2. The van der Waals surface area contributed by atoms with Crippen LogP contribution in [0.5, 0.6) is 5.75 Å². The summed E-state index contributed by atoms with van der Waals surface area (Å²) >= 11 is 0. The van der Waals surface area contributed by atoms with Crippen molar-refractivity contribution in [1.29, 1.82) is 0 Å². The fraction of sp³-hybridized carbons (Fsp3) is 0.200. The molecule has 1 aliphatic heterocycles. The molecule has 0 bridgehead atoms. The van der Waals surface area contributed by atoms with Crippen molar-refractivity contribution in [3.63, 3.8) is 0 Å². The van der Waals surface area contributed by atoms with Gasteiger partial charge in [0.25, 0.3) is 0 Å². The number of methoxy groups -OCH3 is 1. The van der Waals surface area contributed by atoms with Gasteiger partial charge in [-0.05, 0) is 54.3 Å². The van der Waals surface area contributed by atoms with Crippen LogP contribution in [-0.2, 0) is 14.9 Å². The van der Waals surface area contributed by atoms with Gasteiger partial charge in [-0.3, -0.25) is 9.78 Å². The summed E-state index contributed by atoms with van der Waals surface area (Å²) in [6, 6.07) is 18.0. The van der Waals surface area contributed by atoms with Crippen molar-refractivity contribution in [3.8, 4) is 28.0 Å². The minimum atomic E-state index is -0.698. The number of ether oxygens (including phenoxy) is 2. The van der Waals surface area contributed by atoms with Gasteiger partial charge in [-0.1, -0.05) is 24.3 Å². The number of rotatable bonds is 6. The molecule has 1 aromatic carbocycles. The van der Waals surface area contributed by atoms with Crippen LogP contribution in [0.2, 0.25) is 0 Å². The van der Waals surface area contributed by atoms with Crippen LogP contribution in [0, 0.1) is 0 Å². The molecule has 0 spiro atoms. The Kier molecular flexibility index (Phi) is 6.31. The molecule has 1 saturated heterocycles. The summed E-state index contributed by atoms with van der Waals surface area (Å²) in [6.45, 7) is 1.05. The van der Waals surface area contributed by atoms with Crippen LogP contribution in [0.3, 0.4) is 0 Å². The van der Waals surface area contributed by atoms with Crippen LogP contribution in [0.15, 0.2) is 85.6 Å².